The number of aromatic hydroxyl groups is 2. The Hall–Kier alpha value is -3.35. The predicted molar refractivity (Wildman–Crippen MR) is 150 cm³/mol. The summed E-state index contributed by atoms with van der Waals surface area (Å²) in [6, 6.07) is 3.86. The molecular weight excluding hydrogens is 532 g/mol. The molecule has 2 aromatic carbocycles. The Labute approximate surface area is 238 Å². The first kappa shape index (κ1) is 30.6. The number of carbonyl (C=O) groups is 2. The van der Waals surface area contributed by atoms with Crippen molar-refractivity contribution in [3.8, 4) is 17.2 Å². The Bertz CT molecular complexity index is 1400. The molecule has 7 N–H and O–H groups in total. The minimum atomic E-state index is -1.80. The number of phenolic OH excluding ortho intramolecular Hbond substituents is 2. The third kappa shape index (κ3) is 5.13. The summed E-state index contributed by atoms with van der Waals surface area (Å²) in [5.74, 6) is -2.47. The van der Waals surface area contributed by atoms with E-state index in [-0.39, 0.29) is 70.0 Å². The van der Waals surface area contributed by atoms with Crippen molar-refractivity contribution in [2.75, 3.05) is 20.8 Å². The van der Waals surface area contributed by atoms with Gasteiger partial charge in [0.25, 0.3) is 0 Å². The number of hydrogen-bond donors (Lipinski definition) is 6. The van der Waals surface area contributed by atoms with Crippen molar-refractivity contribution < 1.29 is 44.6 Å². The molecule has 4 rings (SSSR count). The molecule has 5 atom stereocenters. The number of benzene rings is 2. The molecule has 222 valence electrons. The van der Waals surface area contributed by atoms with Gasteiger partial charge in [0, 0.05) is 42.6 Å². The number of phenols is 2. The molecule has 11 nitrogen and oxygen atoms in total. The zero-order valence-corrected chi connectivity index (χ0v) is 23.8. The summed E-state index contributed by atoms with van der Waals surface area (Å²) in [6.45, 7) is 4.80. The zero-order valence-electron chi connectivity index (χ0n) is 23.8. The van der Waals surface area contributed by atoms with E-state index in [1.165, 1.54) is 26.3 Å². The lowest BCUT2D eigenvalue weighted by Crippen LogP contribution is -2.48. The van der Waals surface area contributed by atoms with Gasteiger partial charge in [-0.15, -0.1) is 0 Å². The van der Waals surface area contributed by atoms with E-state index in [0.29, 0.717) is 0 Å². The van der Waals surface area contributed by atoms with Crippen LogP contribution in [0.4, 0.5) is 0 Å². The van der Waals surface area contributed by atoms with Crippen molar-refractivity contribution in [3.63, 3.8) is 0 Å². The van der Waals surface area contributed by atoms with Crippen LogP contribution in [0.2, 0.25) is 0 Å². The number of aliphatic imine (C=N–C) groups is 1. The van der Waals surface area contributed by atoms with Crippen molar-refractivity contribution >= 4 is 17.3 Å². The van der Waals surface area contributed by atoms with Crippen LogP contribution < -0.4 is 10.5 Å². The molecule has 0 radical (unpaired) electrons. The molecule has 0 unspecified atom stereocenters. The molecule has 2 aromatic rings. The van der Waals surface area contributed by atoms with E-state index in [9.17, 15) is 35.1 Å². The first-order chi connectivity index (χ1) is 19.3. The summed E-state index contributed by atoms with van der Waals surface area (Å²) in [6.07, 6.45) is -2.79. The fourth-order valence-corrected chi connectivity index (χ4v) is 6.03. The number of ketones is 2. The molecule has 0 aromatic heterocycles. The van der Waals surface area contributed by atoms with Crippen molar-refractivity contribution in [2.45, 2.75) is 70.0 Å². The van der Waals surface area contributed by atoms with E-state index in [1.807, 2.05) is 13.8 Å². The number of nitrogens with zero attached hydrogens (tertiary/aromatic N) is 1. The molecule has 41 heavy (non-hydrogen) atoms. The summed E-state index contributed by atoms with van der Waals surface area (Å²) in [5.41, 5.74) is 3.67. The summed E-state index contributed by atoms with van der Waals surface area (Å²) in [5, 5.41) is 55.1. The predicted octanol–water partition coefficient (Wildman–Crippen LogP) is 1.80. The van der Waals surface area contributed by atoms with Gasteiger partial charge >= 0.3 is 0 Å². The Morgan fingerprint density at radius 3 is 2.37 bits per heavy atom. The lowest BCUT2D eigenvalue weighted by Gasteiger charge is -2.41. The van der Waals surface area contributed by atoms with Gasteiger partial charge in [0.1, 0.15) is 22.8 Å². The van der Waals surface area contributed by atoms with Gasteiger partial charge in [-0.1, -0.05) is 26.0 Å². The van der Waals surface area contributed by atoms with E-state index < -0.39 is 59.6 Å². The number of aliphatic hydroxyl groups excluding tert-OH is 2. The number of aliphatic hydroxyl groups is 3. The number of nitrogens with two attached hydrogens (primary N) is 1. The van der Waals surface area contributed by atoms with Gasteiger partial charge in [-0.3, -0.25) is 14.6 Å². The van der Waals surface area contributed by atoms with Crippen LogP contribution in [0, 0.1) is 5.92 Å². The van der Waals surface area contributed by atoms with Gasteiger partial charge in [0.05, 0.1) is 54.4 Å². The second-order valence-electron chi connectivity index (χ2n) is 11.2. The van der Waals surface area contributed by atoms with Gasteiger partial charge in [0.2, 0.25) is 5.78 Å². The number of rotatable bonds is 9. The quantitative estimate of drug-likeness (QED) is 0.163. The molecule has 0 fully saturated rings. The van der Waals surface area contributed by atoms with Crippen LogP contribution in [0.25, 0.3) is 0 Å². The molecule has 2 aliphatic carbocycles. The molecular formula is C30H38N2O9. The van der Waals surface area contributed by atoms with Crippen LogP contribution >= 0.6 is 0 Å². The fraction of sp³-hybridized carbons (Fsp3) is 0.500. The van der Waals surface area contributed by atoms with Gasteiger partial charge in [-0.2, -0.15) is 0 Å². The Morgan fingerprint density at radius 2 is 1.78 bits per heavy atom. The van der Waals surface area contributed by atoms with Crippen molar-refractivity contribution in [2.24, 2.45) is 16.6 Å². The lowest BCUT2D eigenvalue weighted by atomic mass is 9.71. The van der Waals surface area contributed by atoms with E-state index >= 15 is 0 Å². The minimum Gasteiger partial charge on any atom is -0.507 e. The molecule has 0 aliphatic heterocycles. The third-order valence-electron chi connectivity index (χ3n) is 8.16. The van der Waals surface area contributed by atoms with Gasteiger partial charge in [-0.25, -0.2) is 0 Å². The van der Waals surface area contributed by atoms with Crippen LogP contribution in [0.3, 0.4) is 0 Å². The van der Waals surface area contributed by atoms with Crippen LogP contribution in [0.1, 0.15) is 82.7 Å². The SMILES string of the molecule is CN=C(CO)[C@]1(O)Cc2c(O)c3c(c(O)c2[C@@H](O[C@H](C)C[C@@H](N)[C@H](O)C(C)C)C1)C(=O)c1c(OC)cccc1C3=O. The maximum atomic E-state index is 13.7. The number of methoxy groups -OCH3 is 1. The Balaban J connectivity index is 1.89. The van der Waals surface area contributed by atoms with Crippen LogP contribution in [0.15, 0.2) is 23.2 Å². The smallest absolute Gasteiger partial charge is 0.202 e. The Kier molecular flexibility index (Phi) is 8.58. The highest BCUT2D eigenvalue weighted by molar-refractivity contribution is 6.31. The average molecular weight is 571 g/mol. The zero-order chi connectivity index (χ0) is 30.4. The molecule has 0 bridgehead atoms. The average Bonchev–Trinajstić information content (AvgIpc) is 2.92. The van der Waals surface area contributed by atoms with E-state index in [0.717, 1.165) is 0 Å². The Morgan fingerprint density at radius 1 is 1.12 bits per heavy atom. The highest BCUT2D eigenvalue weighted by atomic mass is 16.5. The van der Waals surface area contributed by atoms with Crippen molar-refractivity contribution in [1.82, 2.24) is 0 Å². The maximum absolute atomic E-state index is 13.7. The highest BCUT2D eigenvalue weighted by Gasteiger charge is 2.48. The molecule has 11 heteroatoms. The monoisotopic (exact) mass is 570 g/mol. The first-order valence-electron chi connectivity index (χ1n) is 13.6. The summed E-state index contributed by atoms with van der Waals surface area (Å²) >= 11 is 0. The third-order valence-corrected chi connectivity index (χ3v) is 8.16. The normalized spacial score (nSPS) is 22.6. The standard InChI is InChI=1S/C30H38N2O9/c1-13(2)25(34)17(31)9-14(3)41-19-11-30(39,20(12-33)32-4)10-16-22(19)29(38)24-23(27(16)36)26(35)15-7-6-8-18(40-5)21(15)28(24)37/h6-8,13-14,17,19,25,33-34,36,38-39H,9-12,31H2,1-5H3/t14-,17-,19+,25-,30+/m1/s1. The molecule has 0 spiro atoms. The highest BCUT2D eigenvalue weighted by Crippen LogP contribution is 2.52. The lowest BCUT2D eigenvalue weighted by molar-refractivity contribution is -0.0624. The van der Waals surface area contributed by atoms with Gasteiger partial charge < -0.3 is 40.7 Å². The second kappa shape index (κ2) is 11.5. The molecule has 2 aliphatic rings. The molecule has 0 heterocycles. The van der Waals surface area contributed by atoms with E-state index in [1.54, 1.807) is 13.0 Å². The molecule has 0 amide bonds. The molecule has 0 saturated carbocycles. The van der Waals surface area contributed by atoms with E-state index in [2.05, 4.69) is 4.99 Å². The van der Waals surface area contributed by atoms with Gasteiger partial charge in [-0.05, 0) is 25.3 Å². The molecule has 0 saturated heterocycles. The van der Waals surface area contributed by atoms with E-state index in [4.69, 9.17) is 15.2 Å². The van der Waals surface area contributed by atoms with Crippen LogP contribution in [-0.2, 0) is 11.2 Å². The van der Waals surface area contributed by atoms with Crippen molar-refractivity contribution in [3.05, 3.63) is 51.6 Å². The number of hydrogen-bond acceptors (Lipinski definition) is 11. The number of carbonyl (C=O) groups excluding carboxylic acids is 2. The second-order valence-corrected chi connectivity index (χ2v) is 11.2. The van der Waals surface area contributed by atoms with Crippen LogP contribution in [0.5, 0.6) is 17.2 Å². The van der Waals surface area contributed by atoms with Gasteiger partial charge in [0.15, 0.2) is 5.78 Å². The summed E-state index contributed by atoms with van der Waals surface area (Å²) in [7, 11) is 2.76. The number of fused-ring (bicyclic) bond motifs is 3. The fourth-order valence-electron chi connectivity index (χ4n) is 6.03. The topological polar surface area (TPSA) is 192 Å². The van der Waals surface area contributed by atoms with Crippen molar-refractivity contribution in [1.29, 1.82) is 0 Å². The largest absolute Gasteiger partial charge is 0.507 e. The summed E-state index contributed by atoms with van der Waals surface area (Å²) < 4.78 is 11.6. The maximum Gasteiger partial charge on any atom is 0.202 e. The van der Waals surface area contributed by atoms with Crippen LogP contribution in [-0.4, -0.2) is 87.4 Å². The first-order valence-corrected chi connectivity index (χ1v) is 13.6. The minimum absolute atomic E-state index is 0.000750. The number of ether oxygens (including phenoxy) is 2. The summed E-state index contributed by atoms with van der Waals surface area (Å²) in [4.78, 5) is 31.4.